The van der Waals surface area contributed by atoms with Crippen LogP contribution in [0.5, 0.6) is 0 Å². The Morgan fingerprint density at radius 2 is 2.05 bits per heavy atom. The standard InChI is InChI=1S/C15H28N2O2S/c1-12(2)11-13-16-15(7-4-5-8-15)14(18)17(13)9-6-10-20(3)19/h12-13,16H,4-11H2,1-3H3. The number of nitrogens with zero attached hydrogens (tertiary/aromatic N) is 1. The van der Waals surface area contributed by atoms with Crippen molar-refractivity contribution in [2.45, 2.75) is 64.1 Å². The van der Waals surface area contributed by atoms with Crippen molar-refractivity contribution in [1.82, 2.24) is 10.2 Å². The first-order valence-corrected chi connectivity index (χ1v) is 9.56. The van der Waals surface area contributed by atoms with Gasteiger partial charge in [0.05, 0.1) is 11.7 Å². The van der Waals surface area contributed by atoms with Gasteiger partial charge in [-0.2, -0.15) is 0 Å². The molecule has 1 saturated heterocycles. The van der Waals surface area contributed by atoms with Crippen LogP contribution in [0.1, 0.15) is 52.4 Å². The maximum Gasteiger partial charge on any atom is 0.244 e. The predicted octanol–water partition coefficient (Wildman–Crippen LogP) is 1.87. The molecule has 1 aliphatic carbocycles. The third-order valence-electron chi connectivity index (χ3n) is 4.47. The summed E-state index contributed by atoms with van der Waals surface area (Å²) in [7, 11) is -0.768. The number of amides is 1. The van der Waals surface area contributed by atoms with Gasteiger partial charge in [-0.05, 0) is 31.6 Å². The summed E-state index contributed by atoms with van der Waals surface area (Å²) >= 11 is 0. The number of hydrogen-bond donors (Lipinski definition) is 1. The zero-order valence-corrected chi connectivity index (χ0v) is 13.8. The molecular formula is C15H28N2O2S. The fraction of sp³-hybridized carbons (Fsp3) is 0.933. The Labute approximate surface area is 125 Å². The highest BCUT2D eigenvalue weighted by Crippen LogP contribution is 2.37. The molecule has 2 unspecified atom stereocenters. The summed E-state index contributed by atoms with van der Waals surface area (Å²) in [6.45, 7) is 5.14. The van der Waals surface area contributed by atoms with Gasteiger partial charge in [0.2, 0.25) is 5.91 Å². The summed E-state index contributed by atoms with van der Waals surface area (Å²) in [6.07, 6.45) is 8.01. The Kier molecular flexibility index (Phi) is 5.24. The second-order valence-electron chi connectivity index (χ2n) is 6.71. The smallest absolute Gasteiger partial charge is 0.244 e. The van der Waals surface area contributed by atoms with E-state index in [1.165, 1.54) is 0 Å². The van der Waals surface area contributed by atoms with Gasteiger partial charge in [0.25, 0.3) is 0 Å². The van der Waals surface area contributed by atoms with Crippen molar-refractivity contribution >= 4 is 16.7 Å². The second kappa shape index (κ2) is 6.56. The van der Waals surface area contributed by atoms with Crippen molar-refractivity contribution in [2.75, 3.05) is 18.6 Å². The van der Waals surface area contributed by atoms with Crippen LogP contribution in [0.25, 0.3) is 0 Å². The van der Waals surface area contributed by atoms with Crippen LogP contribution in [0.2, 0.25) is 0 Å². The minimum atomic E-state index is -0.768. The zero-order valence-electron chi connectivity index (χ0n) is 13.0. The number of nitrogens with one attached hydrogen (secondary N) is 1. The second-order valence-corrected chi connectivity index (χ2v) is 8.26. The number of carbonyl (C=O) groups excluding carboxylic acids is 1. The molecule has 5 heteroatoms. The lowest BCUT2D eigenvalue weighted by Crippen LogP contribution is -2.44. The van der Waals surface area contributed by atoms with E-state index in [1.807, 2.05) is 4.90 Å². The summed E-state index contributed by atoms with van der Waals surface area (Å²) in [5.41, 5.74) is -0.273. The molecule has 1 N–H and O–H groups in total. The molecule has 1 aliphatic heterocycles. The first kappa shape index (κ1) is 16.0. The monoisotopic (exact) mass is 300 g/mol. The average Bonchev–Trinajstić information content (AvgIpc) is 2.90. The van der Waals surface area contributed by atoms with Crippen molar-refractivity contribution in [3.63, 3.8) is 0 Å². The highest BCUT2D eigenvalue weighted by molar-refractivity contribution is 7.84. The molecule has 0 aromatic heterocycles. The highest BCUT2D eigenvalue weighted by atomic mass is 32.2. The molecular weight excluding hydrogens is 272 g/mol. The molecule has 0 aromatic carbocycles. The van der Waals surface area contributed by atoms with Gasteiger partial charge in [-0.25, -0.2) is 0 Å². The maximum absolute atomic E-state index is 12.8. The van der Waals surface area contributed by atoms with Crippen LogP contribution < -0.4 is 5.32 Å². The topological polar surface area (TPSA) is 49.4 Å². The summed E-state index contributed by atoms with van der Waals surface area (Å²) in [5.74, 6) is 1.55. The molecule has 20 heavy (non-hydrogen) atoms. The highest BCUT2D eigenvalue weighted by Gasteiger charge is 2.51. The van der Waals surface area contributed by atoms with Crippen molar-refractivity contribution in [3.8, 4) is 0 Å². The van der Waals surface area contributed by atoms with Crippen LogP contribution in [0.15, 0.2) is 0 Å². The molecule has 1 spiro atoms. The van der Waals surface area contributed by atoms with Crippen LogP contribution in [-0.4, -0.2) is 45.3 Å². The lowest BCUT2D eigenvalue weighted by atomic mass is 9.98. The van der Waals surface area contributed by atoms with E-state index < -0.39 is 10.8 Å². The summed E-state index contributed by atoms with van der Waals surface area (Å²) < 4.78 is 11.2. The first-order chi connectivity index (χ1) is 9.44. The third-order valence-corrected chi connectivity index (χ3v) is 5.34. The fourth-order valence-electron chi connectivity index (χ4n) is 3.54. The molecule has 4 nitrogen and oxygen atoms in total. The number of hydrogen-bond acceptors (Lipinski definition) is 3. The summed E-state index contributed by atoms with van der Waals surface area (Å²) in [6, 6.07) is 0. The molecule has 1 heterocycles. The van der Waals surface area contributed by atoms with E-state index in [0.29, 0.717) is 17.6 Å². The predicted molar refractivity (Wildman–Crippen MR) is 82.8 cm³/mol. The molecule has 1 amide bonds. The first-order valence-electron chi connectivity index (χ1n) is 7.83. The molecule has 0 bridgehead atoms. The number of carbonyl (C=O) groups is 1. The van der Waals surface area contributed by atoms with Gasteiger partial charge >= 0.3 is 0 Å². The van der Waals surface area contributed by atoms with E-state index in [2.05, 4.69) is 19.2 Å². The van der Waals surface area contributed by atoms with E-state index in [0.717, 1.165) is 45.1 Å². The van der Waals surface area contributed by atoms with Gasteiger partial charge < -0.3 is 4.90 Å². The van der Waals surface area contributed by atoms with Crippen LogP contribution in [0.3, 0.4) is 0 Å². The van der Waals surface area contributed by atoms with Gasteiger partial charge in [-0.1, -0.05) is 26.7 Å². The van der Waals surface area contributed by atoms with Crippen LogP contribution >= 0.6 is 0 Å². The molecule has 2 atom stereocenters. The van der Waals surface area contributed by atoms with Crippen molar-refractivity contribution in [2.24, 2.45) is 5.92 Å². The molecule has 0 aromatic rings. The maximum atomic E-state index is 12.8. The lowest BCUT2D eigenvalue weighted by molar-refractivity contribution is -0.133. The SMILES string of the molecule is CC(C)CC1NC2(CCCC2)C(=O)N1CCCS(C)=O. The molecule has 2 aliphatic rings. The van der Waals surface area contributed by atoms with Crippen LogP contribution in [0, 0.1) is 5.92 Å². The molecule has 2 fully saturated rings. The van der Waals surface area contributed by atoms with Crippen molar-refractivity contribution in [1.29, 1.82) is 0 Å². The fourth-order valence-corrected chi connectivity index (χ4v) is 4.08. The van der Waals surface area contributed by atoms with Gasteiger partial charge in [-0.15, -0.1) is 0 Å². The van der Waals surface area contributed by atoms with Gasteiger partial charge in [0.1, 0.15) is 0 Å². The Morgan fingerprint density at radius 1 is 1.40 bits per heavy atom. The van der Waals surface area contributed by atoms with Crippen molar-refractivity contribution < 1.29 is 9.00 Å². The minimum Gasteiger partial charge on any atom is -0.325 e. The van der Waals surface area contributed by atoms with Crippen molar-refractivity contribution in [3.05, 3.63) is 0 Å². The van der Waals surface area contributed by atoms with Gasteiger partial charge in [-0.3, -0.25) is 14.3 Å². The van der Waals surface area contributed by atoms with E-state index in [9.17, 15) is 9.00 Å². The largest absolute Gasteiger partial charge is 0.325 e. The van der Waals surface area contributed by atoms with Gasteiger partial charge in [0.15, 0.2) is 0 Å². The Balaban J connectivity index is 2.03. The van der Waals surface area contributed by atoms with E-state index >= 15 is 0 Å². The van der Waals surface area contributed by atoms with E-state index in [1.54, 1.807) is 6.26 Å². The molecule has 1 saturated carbocycles. The normalized spacial score (nSPS) is 26.9. The molecule has 0 radical (unpaired) electrons. The Hall–Kier alpha value is -0.420. The van der Waals surface area contributed by atoms with Crippen LogP contribution in [0.4, 0.5) is 0 Å². The van der Waals surface area contributed by atoms with E-state index in [4.69, 9.17) is 0 Å². The summed E-state index contributed by atoms with van der Waals surface area (Å²) in [4.78, 5) is 14.8. The summed E-state index contributed by atoms with van der Waals surface area (Å²) in [5, 5.41) is 3.64. The minimum absolute atomic E-state index is 0.172. The Bertz CT molecular complexity index is 378. The average molecular weight is 300 g/mol. The zero-order chi connectivity index (χ0) is 14.8. The lowest BCUT2D eigenvalue weighted by Gasteiger charge is -2.25. The van der Waals surface area contributed by atoms with Crippen LogP contribution in [-0.2, 0) is 15.6 Å². The quantitative estimate of drug-likeness (QED) is 0.815. The molecule has 116 valence electrons. The van der Waals surface area contributed by atoms with E-state index in [-0.39, 0.29) is 11.7 Å². The van der Waals surface area contributed by atoms with Gasteiger partial charge in [0, 0.05) is 29.4 Å². The third kappa shape index (κ3) is 3.42. The molecule has 2 rings (SSSR count). The Morgan fingerprint density at radius 3 is 2.60 bits per heavy atom. The number of rotatable bonds is 6.